The molecule has 0 aliphatic heterocycles. The Balaban J connectivity index is 2.04. The molecule has 0 aromatic heterocycles. The first kappa shape index (κ1) is 18.5. The summed E-state index contributed by atoms with van der Waals surface area (Å²) in [5, 5.41) is 15.0. The van der Waals surface area contributed by atoms with Crippen molar-refractivity contribution in [2.45, 2.75) is 13.5 Å². The van der Waals surface area contributed by atoms with E-state index in [0.717, 1.165) is 0 Å². The van der Waals surface area contributed by atoms with E-state index in [4.69, 9.17) is 25.9 Å². The lowest BCUT2D eigenvalue weighted by atomic mass is 10.2. The summed E-state index contributed by atoms with van der Waals surface area (Å²) in [7, 11) is 1.51. The molecule has 0 unspecified atom stereocenters. The second-order valence-electron chi connectivity index (χ2n) is 4.90. The molecule has 0 aliphatic carbocycles. The van der Waals surface area contributed by atoms with Gasteiger partial charge < -0.3 is 14.3 Å². The van der Waals surface area contributed by atoms with Crippen molar-refractivity contribution >= 4 is 23.5 Å². The van der Waals surface area contributed by atoms with Crippen molar-refractivity contribution in [3.63, 3.8) is 0 Å². The summed E-state index contributed by atoms with van der Waals surface area (Å²) in [6, 6.07) is 9.57. The number of ether oxygens (including phenoxy) is 2. The van der Waals surface area contributed by atoms with Crippen molar-refractivity contribution in [1.29, 1.82) is 0 Å². The van der Waals surface area contributed by atoms with Gasteiger partial charge in [-0.1, -0.05) is 28.9 Å². The number of nitrogens with zero attached hydrogens (tertiary/aromatic N) is 2. The molecule has 0 spiro atoms. The summed E-state index contributed by atoms with van der Waals surface area (Å²) < 4.78 is 10.7. The van der Waals surface area contributed by atoms with Gasteiger partial charge in [-0.15, -0.1) is 0 Å². The Morgan fingerprint density at radius 1 is 1.32 bits per heavy atom. The zero-order valence-electron chi connectivity index (χ0n) is 13.8. The Kier molecular flexibility index (Phi) is 6.59. The highest BCUT2D eigenvalue weighted by molar-refractivity contribution is 6.32. The van der Waals surface area contributed by atoms with E-state index in [1.807, 2.05) is 6.92 Å². The van der Waals surface area contributed by atoms with E-state index < -0.39 is 4.92 Å². The molecule has 2 aromatic carbocycles. The van der Waals surface area contributed by atoms with Gasteiger partial charge >= 0.3 is 0 Å². The number of hydrogen-bond donors (Lipinski definition) is 0. The Morgan fingerprint density at radius 3 is 2.80 bits per heavy atom. The van der Waals surface area contributed by atoms with Crippen LogP contribution in [0, 0.1) is 10.1 Å². The molecule has 0 radical (unpaired) electrons. The zero-order valence-corrected chi connectivity index (χ0v) is 14.5. The molecule has 25 heavy (non-hydrogen) atoms. The minimum Gasteiger partial charge on any atom is -0.491 e. The SMILES string of the molecule is CCOc1cc(/C=N\OCc2cccc([N+](=O)[O-])c2)cc(Cl)c1OC. The number of nitro benzene ring substituents is 1. The van der Waals surface area contributed by atoms with Crippen molar-refractivity contribution in [1.82, 2.24) is 0 Å². The smallest absolute Gasteiger partial charge is 0.269 e. The van der Waals surface area contributed by atoms with Crippen LogP contribution in [0.1, 0.15) is 18.1 Å². The maximum Gasteiger partial charge on any atom is 0.269 e. The average Bonchev–Trinajstić information content (AvgIpc) is 2.59. The first-order valence-electron chi connectivity index (χ1n) is 7.44. The summed E-state index contributed by atoms with van der Waals surface area (Å²) in [4.78, 5) is 15.5. The van der Waals surface area contributed by atoms with Gasteiger partial charge in [-0.2, -0.15) is 0 Å². The summed E-state index contributed by atoms with van der Waals surface area (Å²) in [5.74, 6) is 0.968. The molecule has 0 saturated heterocycles. The number of nitro groups is 1. The van der Waals surface area contributed by atoms with Crippen LogP contribution in [0.5, 0.6) is 11.5 Å². The molecule has 2 rings (SSSR count). The normalized spacial score (nSPS) is 10.7. The first-order valence-corrected chi connectivity index (χ1v) is 7.82. The third kappa shape index (κ3) is 5.09. The van der Waals surface area contributed by atoms with Gasteiger partial charge in [0, 0.05) is 17.7 Å². The van der Waals surface area contributed by atoms with Crippen LogP contribution in [0.2, 0.25) is 5.02 Å². The van der Waals surface area contributed by atoms with E-state index in [9.17, 15) is 10.1 Å². The van der Waals surface area contributed by atoms with Crippen LogP contribution in [-0.2, 0) is 11.4 Å². The summed E-state index contributed by atoms with van der Waals surface area (Å²) in [6.07, 6.45) is 1.48. The third-order valence-electron chi connectivity index (χ3n) is 3.16. The van der Waals surface area contributed by atoms with Gasteiger partial charge in [0.2, 0.25) is 0 Å². The topological polar surface area (TPSA) is 83.2 Å². The minimum absolute atomic E-state index is 0.00775. The van der Waals surface area contributed by atoms with Crippen LogP contribution in [0.25, 0.3) is 0 Å². The molecule has 0 bridgehead atoms. The maximum absolute atomic E-state index is 10.7. The molecule has 0 amide bonds. The number of oxime groups is 1. The highest BCUT2D eigenvalue weighted by Gasteiger charge is 2.11. The summed E-state index contributed by atoms with van der Waals surface area (Å²) >= 11 is 6.15. The Bertz CT molecular complexity index is 780. The van der Waals surface area contributed by atoms with Crippen molar-refractivity contribution in [3.8, 4) is 11.5 Å². The van der Waals surface area contributed by atoms with Gasteiger partial charge in [0.25, 0.3) is 5.69 Å². The van der Waals surface area contributed by atoms with Gasteiger partial charge in [0.1, 0.15) is 6.61 Å². The lowest BCUT2D eigenvalue weighted by Crippen LogP contribution is -1.97. The van der Waals surface area contributed by atoms with E-state index in [1.165, 1.54) is 25.5 Å². The summed E-state index contributed by atoms with van der Waals surface area (Å²) in [5.41, 5.74) is 1.33. The van der Waals surface area contributed by atoms with Gasteiger partial charge in [-0.25, -0.2) is 0 Å². The zero-order chi connectivity index (χ0) is 18.2. The number of non-ortho nitro benzene ring substituents is 1. The number of hydrogen-bond acceptors (Lipinski definition) is 6. The highest BCUT2D eigenvalue weighted by atomic mass is 35.5. The van der Waals surface area contributed by atoms with Crippen molar-refractivity contribution < 1.29 is 19.2 Å². The quantitative estimate of drug-likeness (QED) is 0.398. The molecular formula is C17H17ClN2O5. The molecule has 0 saturated carbocycles. The molecule has 0 heterocycles. The fourth-order valence-corrected chi connectivity index (χ4v) is 2.39. The largest absolute Gasteiger partial charge is 0.491 e. The number of methoxy groups -OCH3 is 1. The van der Waals surface area contributed by atoms with E-state index >= 15 is 0 Å². The standard InChI is InChI=1S/C17H17ClN2O5/c1-3-24-16-9-13(8-15(18)17(16)23-2)10-19-25-11-12-5-4-6-14(7-12)20(21)22/h4-10H,3,11H2,1-2H3/b19-10-. The monoisotopic (exact) mass is 364 g/mol. The van der Waals surface area contributed by atoms with Crippen molar-refractivity contribution in [3.05, 3.63) is 62.7 Å². The van der Waals surface area contributed by atoms with Crippen LogP contribution in [0.4, 0.5) is 5.69 Å². The van der Waals surface area contributed by atoms with E-state index in [2.05, 4.69) is 5.16 Å². The molecule has 2 aromatic rings. The van der Waals surface area contributed by atoms with Gasteiger partial charge in [-0.3, -0.25) is 10.1 Å². The predicted octanol–water partition coefficient (Wildman–Crippen LogP) is 4.21. The van der Waals surface area contributed by atoms with Gasteiger partial charge in [-0.05, 0) is 24.6 Å². The lowest BCUT2D eigenvalue weighted by Gasteiger charge is -2.11. The number of benzene rings is 2. The first-order chi connectivity index (χ1) is 12.0. The fourth-order valence-electron chi connectivity index (χ4n) is 2.09. The van der Waals surface area contributed by atoms with Crippen molar-refractivity contribution in [2.75, 3.05) is 13.7 Å². The minimum atomic E-state index is -0.457. The van der Waals surface area contributed by atoms with E-state index in [1.54, 1.807) is 24.3 Å². The Hall–Kier alpha value is -2.80. The van der Waals surface area contributed by atoms with Crippen LogP contribution in [0.15, 0.2) is 41.6 Å². The van der Waals surface area contributed by atoms with Crippen LogP contribution in [0.3, 0.4) is 0 Å². The highest BCUT2D eigenvalue weighted by Crippen LogP contribution is 2.35. The third-order valence-corrected chi connectivity index (χ3v) is 3.45. The molecule has 0 N–H and O–H groups in total. The van der Waals surface area contributed by atoms with Gasteiger partial charge in [0.15, 0.2) is 11.5 Å². The number of halogens is 1. The molecule has 0 aliphatic rings. The van der Waals surface area contributed by atoms with Gasteiger partial charge in [0.05, 0.1) is 29.9 Å². The Morgan fingerprint density at radius 2 is 2.12 bits per heavy atom. The molecule has 0 atom stereocenters. The van der Waals surface area contributed by atoms with Crippen molar-refractivity contribution in [2.24, 2.45) is 5.16 Å². The molecule has 7 nitrogen and oxygen atoms in total. The van der Waals surface area contributed by atoms with E-state index in [0.29, 0.717) is 34.3 Å². The molecule has 132 valence electrons. The Labute approximate surface area is 149 Å². The van der Waals surface area contributed by atoms with E-state index in [-0.39, 0.29) is 12.3 Å². The van der Waals surface area contributed by atoms with Crippen LogP contribution in [-0.4, -0.2) is 24.9 Å². The average molecular weight is 365 g/mol. The molecule has 0 fully saturated rings. The van der Waals surface area contributed by atoms with Crippen LogP contribution < -0.4 is 9.47 Å². The fraction of sp³-hybridized carbons (Fsp3) is 0.235. The van der Waals surface area contributed by atoms with Crippen LogP contribution >= 0.6 is 11.6 Å². The molecular weight excluding hydrogens is 348 g/mol. The summed E-state index contributed by atoms with van der Waals surface area (Å²) in [6.45, 7) is 2.44. The second kappa shape index (κ2) is 8.89. The maximum atomic E-state index is 10.7. The predicted molar refractivity (Wildman–Crippen MR) is 94.7 cm³/mol. The molecule has 8 heteroatoms. The second-order valence-corrected chi connectivity index (χ2v) is 5.31. The lowest BCUT2D eigenvalue weighted by molar-refractivity contribution is -0.384. The number of rotatable bonds is 8.